The van der Waals surface area contributed by atoms with Crippen molar-refractivity contribution in [3.63, 3.8) is 0 Å². The van der Waals surface area contributed by atoms with E-state index in [0.717, 1.165) is 0 Å². The minimum absolute atomic E-state index is 0.0400. The van der Waals surface area contributed by atoms with Crippen LogP contribution in [0.1, 0.15) is 6.92 Å². The van der Waals surface area contributed by atoms with Gasteiger partial charge in [0.2, 0.25) is 12.1 Å². The van der Waals surface area contributed by atoms with Crippen molar-refractivity contribution in [2.75, 3.05) is 7.11 Å². The lowest BCUT2D eigenvalue weighted by Crippen LogP contribution is -2.04. The summed E-state index contributed by atoms with van der Waals surface area (Å²) in [4.78, 5) is 9.94. The maximum Gasteiger partial charge on any atom is 0.311 e. The quantitative estimate of drug-likeness (QED) is 0.571. The van der Waals surface area contributed by atoms with E-state index in [-0.39, 0.29) is 17.2 Å². The van der Waals surface area contributed by atoms with Gasteiger partial charge in [-0.3, -0.25) is 10.1 Å². The van der Waals surface area contributed by atoms with Crippen LogP contribution in [0.4, 0.5) is 10.1 Å². The SMILES string of the molecule is COc1cc(OC(C)F)ccc1[N+](=O)[O-]. The molecule has 0 heterocycles. The van der Waals surface area contributed by atoms with E-state index in [1.165, 1.54) is 32.2 Å². The Bertz CT molecular complexity index is 367. The van der Waals surface area contributed by atoms with Crippen molar-refractivity contribution in [1.29, 1.82) is 0 Å². The molecule has 1 unspecified atom stereocenters. The van der Waals surface area contributed by atoms with Gasteiger partial charge >= 0.3 is 5.69 Å². The molecule has 5 nitrogen and oxygen atoms in total. The van der Waals surface area contributed by atoms with Crippen LogP contribution < -0.4 is 9.47 Å². The molecule has 0 aromatic heterocycles. The van der Waals surface area contributed by atoms with E-state index < -0.39 is 11.3 Å². The summed E-state index contributed by atoms with van der Waals surface area (Å²) in [5.41, 5.74) is -0.184. The number of hydrogen-bond acceptors (Lipinski definition) is 4. The molecule has 1 atom stereocenters. The smallest absolute Gasteiger partial charge is 0.311 e. The van der Waals surface area contributed by atoms with Crippen LogP contribution in [0, 0.1) is 10.1 Å². The lowest BCUT2D eigenvalue weighted by Gasteiger charge is -2.08. The molecule has 0 saturated carbocycles. The first-order valence-electron chi connectivity index (χ1n) is 4.17. The molecule has 0 N–H and O–H groups in total. The highest BCUT2D eigenvalue weighted by atomic mass is 19.1. The number of nitro benzene ring substituents is 1. The van der Waals surface area contributed by atoms with Crippen molar-refractivity contribution in [3.05, 3.63) is 28.3 Å². The Balaban J connectivity index is 3.02. The molecule has 82 valence electrons. The number of rotatable bonds is 4. The molecule has 0 amide bonds. The summed E-state index contributed by atoms with van der Waals surface area (Å²) in [6.45, 7) is 1.22. The third-order valence-electron chi connectivity index (χ3n) is 1.65. The number of ether oxygens (including phenoxy) is 2. The van der Waals surface area contributed by atoms with Gasteiger partial charge in [-0.15, -0.1) is 0 Å². The summed E-state index contributed by atoms with van der Waals surface area (Å²) in [6, 6.07) is 3.79. The normalized spacial score (nSPS) is 11.9. The molecule has 0 bridgehead atoms. The Morgan fingerprint density at radius 2 is 2.20 bits per heavy atom. The number of halogens is 1. The molecular weight excluding hydrogens is 205 g/mol. The van der Waals surface area contributed by atoms with Crippen molar-refractivity contribution in [2.24, 2.45) is 0 Å². The van der Waals surface area contributed by atoms with Crippen LogP contribution in [0.3, 0.4) is 0 Å². The Morgan fingerprint density at radius 1 is 1.53 bits per heavy atom. The highest BCUT2D eigenvalue weighted by Crippen LogP contribution is 2.31. The summed E-state index contributed by atoms with van der Waals surface area (Å²) in [5, 5.41) is 10.5. The topological polar surface area (TPSA) is 61.6 Å². The van der Waals surface area contributed by atoms with Gasteiger partial charge in [0.05, 0.1) is 12.0 Å². The predicted molar refractivity (Wildman–Crippen MR) is 50.8 cm³/mol. The van der Waals surface area contributed by atoms with Gasteiger partial charge in [-0.05, 0) is 6.07 Å². The van der Waals surface area contributed by atoms with Crippen LogP contribution in [0.25, 0.3) is 0 Å². The summed E-state index contributed by atoms with van der Waals surface area (Å²) >= 11 is 0. The Hall–Kier alpha value is -1.85. The third-order valence-corrected chi connectivity index (χ3v) is 1.65. The van der Waals surface area contributed by atoms with Crippen molar-refractivity contribution < 1.29 is 18.8 Å². The average Bonchev–Trinajstić information content (AvgIpc) is 2.16. The van der Waals surface area contributed by atoms with Crippen LogP contribution >= 0.6 is 0 Å². The molecule has 1 aromatic rings. The first kappa shape index (κ1) is 11.2. The number of hydrogen-bond donors (Lipinski definition) is 0. The van der Waals surface area contributed by atoms with E-state index >= 15 is 0 Å². The highest BCUT2D eigenvalue weighted by Gasteiger charge is 2.15. The molecule has 0 radical (unpaired) electrons. The maximum atomic E-state index is 12.5. The van der Waals surface area contributed by atoms with E-state index in [2.05, 4.69) is 0 Å². The number of nitrogens with zero attached hydrogens (tertiary/aromatic N) is 1. The summed E-state index contributed by atoms with van der Waals surface area (Å²) in [7, 11) is 1.30. The van der Waals surface area contributed by atoms with E-state index in [9.17, 15) is 14.5 Å². The van der Waals surface area contributed by atoms with E-state index in [0.29, 0.717) is 0 Å². The molecule has 0 aliphatic rings. The van der Waals surface area contributed by atoms with E-state index in [1.54, 1.807) is 0 Å². The van der Waals surface area contributed by atoms with Crippen molar-refractivity contribution in [2.45, 2.75) is 13.3 Å². The Kier molecular flexibility index (Phi) is 3.43. The van der Waals surface area contributed by atoms with Gasteiger partial charge in [0.15, 0.2) is 0 Å². The molecule has 1 aromatic carbocycles. The molecule has 15 heavy (non-hydrogen) atoms. The lowest BCUT2D eigenvalue weighted by molar-refractivity contribution is -0.385. The zero-order chi connectivity index (χ0) is 11.4. The standard InChI is InChI=1S/C9H10FNO4/c1-6(10)15-7-3-4-8(11(12)13)9(5-7)14-2/h3-6H,1-2H3. The second kappa shape index (κ2) is 4.59. The molecule has 6 heteroatoms. The average molecular weight is 215 g/mol. The first-order chi connectivity index (χ1) is 7.04. The minimum atomic E-state index is -1.48. The number of nitro groups is 1. The zero-order valence-corrected chi connectivity index (χ0v) is 8.27. The van der Waals surface area contributed by atoms with Crippen LogP contribution in [-0.4, -0.2) is 18.4 Å². The molecule has 0 fully saturated rings. The van der Waals surface area contributed by atoms with Gasteiger partial charge in [0.25, 0.3) is 0 Å². The van der Waals surface area contributed by atoms with E-state index in [4.69, 9.17) is 9.47 Å². The number of benzene rings is 1. The van der Waals surface area contributed by atoms with E-state index in [1.807, 2.05) is 0 Å². The van der Waals surface area contributed by atoms with Crippen molar-refractivity contribution in [1.82, 2.24) is 0 Å². The zero-order valence-electron chi connectivity index (χ0n) is 8.27. The summed E-state index contributed by atoms with van der Waals surface area (Å²) < 4.78 is 22.0. The van der Waals surface area contributed by atoms with Crippen molar-refractivity contribution in [3.8, 4) is 11.5 Å². The fourth-order valence-corrected chi connectivity index (χ4v) is 1.07. The number of methoxy groups -OCH3 is 1. The van der Waals surface area contributed by atoms with Crippen molar-refractivity contribution >= 4 is 5.69 Å². The molecule has 0 spiro atoms. The molecule has 0 aliphatic heterocycles. The molecule has 1 rings (SSSR count). The molecule has 0 saturated heterocycles. The second-order valence-electron chi connectivity index (χ2n) is 2.75. The third kappa shape index (κ3) is 2.80. The van der Waals surface area contributed by atoms with Gasteiger partial charge in [-0.2, -0.15) is 0 Å². The second-order valence-corrected chi connectivity index (χ2v) is 2.75. The van der Waals surface area contributed by atoms with Crippen LogP contribution in [0.15, 0.2) is 18.2 Å². The minimum Gasteiger partial charge on any atom is -0.490 e. The number of alkyl halides is 1. The predicted octanol–water partition coefficient (Wildman–Crippen LogP) is 2.30. The Labute approximate surface area is 85.6 Å². The Morgan fingerprint density at radius 3 is 2.67 bits per heavy atom. The first-order valence-corrected chi connectivity index (χ1v) is 4.17. The molecule has 0 aliphatic carbocycles. The highest BCUT2D eigenvalue weighted by molar-refractivity contribution is 5.50. The van der Waals surface area contributed by atoms with Gasteiger partial charge in [-0.25, -0.2) is 4.39 Å². The van der Waals surface area contributed by atoms with Gasteiger partial charge < -0.3 is 9.47 Å². The molecular formula is C9H10FNO4. The van der Waals surface area contributed by atoms with Gasteiger partial charge in [0.1, 0.15) is 5.75 Å². The van der Waals surface area contributed by atoms with Gasteiger partial charge in [0, 0.05) is 19.1 Å². The largest absolute Gasteiger partial charge is 0.490 e. The lowest BCUT2D eigenvalue weighted by atomic mass is 10.3. The van der Waals surface area contributed by atoms with Gasteiger partial charge in [-0.1, -0.05) is 0 Å². The monoisotopic (exact) mass is 215 g/mol. The van der Waals surface area contributed by atoms with Crippen LogP contribution in [0.5, 0.6) is 11.5 Å². The maximum absolute atomic E-state index is 12.5. The summed E-state index contributed by atoms with van der Waals surface area (Å²) in [6.07, 6.45) is -1.48. The fourth-order valence-electron chi connectivity index (χ4n) is 1.07. The van der Waals surface area contributed by atoms with Crippen LogP contribution in [-0.2, 0) is 0 Å². The fraction of sp³-hybridized carbons (Fsp3) is 0.333. The summed E-state index contributed by atoms with van der Waals surface area (Å²) in [5.74, 6) is 0.227. The van der Waals surface area contributed by atoms with Crippen LogP contribution in [0.2, 0.25) is 0 Å².